The van der Waals surface area contributed by atoms with Crippen molar-refractivity contribution in [3.8, 4) is 0 Å². The number of H-pyrrole nitrogens is 2. The fourth-order valence-corrected chi connectivity index (χ4v) is 3.84. The second-order valence-corrected chi connectivity index (χ2v) is 9.01. The molecule has 0 fully saturated rings. The van der Waals surface area contributed by atoms with Crippen LogP contribution < -0.4 is 21.7 Å². The van der Waals surface area contributed by atoms with Gasteiger partial charge in [-0.15, -0.1) is 0 Å². The molecule has 8 N–H and O–H groups in total. The molecule has 0 spiro atoms. The number of nitrogens with one attached hydrogen (secondary N) is 6. The first-order valence-corrected chi connectivity index (χ1v) is 12.5. The maximum atomic E-state index is 12.7. The molecule has 0 aliphatic rings. The summed E-state index contributed by atoms with van der Waals surface area (Å²) in [6.07, 6.45) is 7.08. The van der Waals surface area contributed by atoms with Gasteiger partial charge < -0.3 is 31.7 Å². The highest BCUT2D eigenvalue weighted by Crippen LogP contribution is 2.17. The number of nitrogens with two attached hydrogens (primary N) is 1. The average molecular weight is 552 g/mol. The van der Waals surface area contributed by atoms with Gasteiger partial charge in [-0.1, -0.05) is 30.4 Å². The van der Waals surface area contributed by atoms with E-state index >= 15 is 0 Å². The molecular formula is C28H25N9O4. The number of carbonyl (C=O) groups is 3. The van der Waals surface area contributed by atoms with E-state index in [2.05, 4.69) is 36.2 Å². The van der Waals surface area contributed by atoms with E-state index in [1.54, 1.807) is 12.1 Å². The normalized spacial score (nSPS) is 11.0. The van der Waals surface area contributed by atoms with Crippen molar-refractivity contribution >= 4 is 58.1 Å². The van der Waals surface area contributed by atoms with Gasteiger partial charge in [-0.3, -0.25) is 19.8 Å². The van der Waals surface area contributed by atoms with Crippen LogP contribution in [-0.2, 0) is 0 Å². The highest BCUT2D eigenvalue weighted by atomic mass is 16.6. The van der Waals surface area contributed by atoms with Crippen molar-refractivity contribution in [3.05, 3.63) is 95.1 Å². The summed E-state index contributed by atoms with van der Waals surface area (Å²) in [5, 5.41) is 22.9. The molecule has 0 aliphatic heterocycles. The third-order valence-corrected chi connectivity index (χ3v) is 5.97. The fourth-order valence-electron chi connectivity index (χ4n) is 3.84. The molecule has 0 saturated carbocycles. The zero-order chi connectivity index (χ0) is 28.8. The van der Waals surface area contributed by atoms with Crippen LogP contribution in [0.25, 0.3) is 23.2 Å². The van der Waals surface area contributed by atoms with Crippen LogP contribution in [0.3, 0.4) is 0 Å². The lowest BCUT2D eigenvalue weighted by molar-refractivity contribution is 0.0948. The summed E-state index contributed by atoms with van der Waals surface area (Å²) >= 11 is 0. The van der Waals surface area contributed by atoms with Crippen molar-refractivity contribution in [1.82, 2.24) is 25.6 Å². The van der Waals surface area contributed by atoms with Gasteiger partial charge in [-0.2, -0.15) is 0 Å². The number of hydrogen-bond donors (Lipinski definition) is 7. The van der Waals surface area contributed by atoms with E-state index in [0.29, 0.717) is 28.0 Å². The van der Waals surface area contributed by atoms with Crippen LogP contribution in [-0.4, -0.2) is 50.4 Å². The molecule has 0 aliphatic carbocycles. The summed E-state index contributed by atoms with van der Waals surface area (Å²) in [6.45, 7) is 0.230. The Labute approximate surface area is 232 Å². The van der Waals surface area contributed by atoms with Crippen LogP contribution in [0.4, 0.5) is 11.4 Å². The predicted molar refractivity (Wildman–Crippen MR) is 154 cm³/mol. The molecule has 2 aromatic carbocycles. The maximum absolute atomic E-state index is 12.7. The number of aromatic amines is 2. The summed E-state index contributed by atoms with van der Waals surface area (Å²) in [7, 11) is 0. The molecule has 0 radical (unpaired) electrons. The number of fused-ring (bicyclic) bond motifs is 1. The van der Waals surface area contributed by atoms with Gasteiger partial charge in [0.05, 0.1) is 17.2 Å². The minimum atomic E-state index is -0.455. The number of benzene rings is 2. The number of nitrogens with zero attached hydrogens (tertiary/aromatic N) is 2. The molecule has 206 valence electrons. The lowest BCUT2D eigenvalue weighted by Gasteiger charge is -2.03. The lowest BCUT2D eigenvalue weighted by Crippen LogP contribution is -2.27. The Morgan fingerprint density at radius 2 is 1.41 bits per heavy atom. The van der Waals surface area contributed by atoms with Crippen LogP contribution in [0.5, 0.6) is 0 Å². The molecule has 3 aromatic heterocycles. The first-order valence-electron chi connectivity index (χ1n) is 12.5. The Morgan fingerprint density at radius 3 is 2.12 bits per heavy atom. The molecule has 0 saturated heterocycles. The van der Waals surface area contributed by atoms with Crippen molar-refractivity contribution < 1.29 is 19.0 Å². The zero-order valence-corrected chi connectivity index (χ0v) is 21.5. The third kappa shape index (κ3) is 6.72. The number of aromatic nitrogens is 4. The van der Waals surface area contributed by atoms with E-state index in [0.717, 1.165) is 11.1 Å². The predicted octanol–water partition coefficient (Wildman–Crippen LogP) is 3.61. The van der Waals surface area contributed by atoms with Crippen LogP contribution in [0.15, 0.2) is 71.6 Å². The number of rotatable bonds is 10. The largest absolute Gasteiger partial charge is 0.388 e. The molecule has 13 nitrogen and oxygen atoms in total. The molecule has 0 bridgehead atoms. The van der Waals surface area contributed by atoms with E-state index in [1.807, 2.05) is 42.5 Å². The Bertz CT molecular complexity index is 1760. The minimum absolute atomic E-state index is 0.0232. The summed E-state index contributed by atoms with van der Waals surface area (Å²) in [5.74, 6) is -1.20. The van der Waals surface area contributed by atoms with Gasteiger partial charge in [-0.05, 0) is 57.8 Å². The SMILES string of the molecule is N=C(N)CCNC(=O)c1cc(NC(=O)c2cc(NC(=O)c3ccc(/C=C/c4ccc5nonc5c4)cc3)c[nH]2)c[nH]1. The van der Waals surface area contributed by atoms with Gasteiger partial charge in [-0.25, -0.2) is 4.63 Å². The topological polar surface area (TPSA) is 208 Å². The second kappa shape index (κ2) is 11.8. The fraction of sp³-hybridized carbons (Fsp3) is 0.0714. The lowest BCUT2D eigenvalue weighted by atomic mass is 10.1. The zero-order valence-electron chi connectivity index (χ0n) is 21.5. The number of amides is 3. The van der Waals surface area contributed by atoms with Gasteiger partial charge >= 0.3 is 0 Å². The van der Waals surface area contributed by atoms with Gasteiger partial charge in [0.15, 0.2) is 0 Å². The molecule has 5 rings (SSSR count). The first kappa shape index (κ1) is 26.6. The molecule has 3 heterocycles. The van der Waals surface area contributed by atoms with E-state index < -0.39 is 5.91 Å². The second-order valence-electron chi connectivity index (χ2n) is 9.01. The Balaban J connectivity index is 1.13. The van der Waals surface area contributed by atoms with Crippen molar-refractivity contribution in [3.63, 3.8) is 0 Å². The first-order chi connectivity index (χ1) is 19.8. The van der Waals surface area contributed by atoms with Crippen LogP contribution in [0.1, 0.15) is 48.9 Å². The number of anilines is 2. The van der Waals surface area contributed by atoms with Crippen LogP contribution in [0.2, 0.25) is 0 Å². The summed E-state index contributed by atoms with van der Waals surface area (Å²) < 4.78 is 4.72. The molecule has 13 heteroatoms. The van der Waals surface area contributed by atoms with Gasteiger partial charge in [0.2, 0.25) is 0 Å². The van der Waals surface area contributed by atoms with Crippen molar-refractivity contribution in [2.45, 2.75) is 6.42 Å². The van der Waals surface area contributed by atoms with E-state index in [4.69, 9.17) is 15.8 Å². The summed E-state index contributed by atoms with van der Waals surface area (Å²) in [4.78, 5) is 43.1. The Kier molecular flexibility index (Phi) is 7.67. The number of hydrogen-bond acceptors (Lipinski definition) is 7. The molecule has 0 atom stereocenters. The monoisotopic (exact) mass is 551 g/mol. The van der Waals surface area contributed by atoms with Gasteiger partial charge in [0.1, 0.15) is 22.4 Å². The molecule has 41 heavy (non-hydrogen) atoms. The van der Waals surface area contributed by atoms with E-state index in [9.17, 15) is 14.4 Å². The molecule has 0 unspecified atom stereocenters. The quantitative estimate of drug-likeness (QED) is 0.0778. The van der Waals surface area contributed by atoms with E-state index in [-0.39, 0.29) is 42.0 Å². The minimum Gasteiger partial charge on any atom is -0.388 e. The van der Waals surface area contributed by atoms with Crippen molar-refractivity contribution in [1.29, 1.82) is 5.41 Å². The molecular weight excluding hydrogens is 526 g/mol. The standard InChI is InChI=1S/C28H25N9O4/c29-25(30)9-10-31-27(39)23-12-20(15-32-23)35-28(40)24-13-19(14-33-24)34-26(38)18-6-3-16(4-7-18)1-2-17-5-8-21-22(11-17)37-41-36-21/h1-8,11-15,32-33H,9-10H2,(H3,29,30)(H,31,39)(H,34,38)(H,35,40)/b2-1+. The van der Waals surface area contributed by atoms with E-state index in [1.165, 1.54) is 24.5 Å². The number of amidine groups is 1. The maximum Gasteiger partial charge on any atom is 0.272 e. The number of carbonyl (C=O) groups excluding carboxylic acids is 3. The van der Waals surface area contributed by atoms with Crippen molar-refractivity contribution in [2.24, 2.45) is 5.73 Å². The van der Waals surface area contributed by atoms with Gasteiger partial charge in [0, 0.05) is 30.9 Å². The average Bonchev–Trinajstić information content (AvgIpc) is 3.73. The Hall–Kier alpha value is -5.98. The van der Waals surface area contributed by atoms with Crippen LogP contribution >= 0.6 is 0 Å². The Morgan fingerprint density at radius 1 is 0.805 bits per heavy atom. The molecule has 5 aromatic rings. The highest BCUT2D eigenvalue weighted by molar-refractivity contribution is 6.07. The van der Waals surface area contributed by atoms with Crippen LogP contribution in [0, 0.1) is 5.41 Å². The highest BCUT2D eigenvalue weighted by Gasteiger charge is 2.14. The smallest absolute Gasteiger partial charge is 0.272 e. The summed E-state index contributed by atoms with van der Waals surface area (Å²) in [5.41, 5.74) is 10.2. The molecule has 3 amide bonds. The summed E-state index contributed by atoms with van der Waals surface area (Å²) in [6, 6.07) is 15.7. The van der Waals surface area contributed by atoms with Crippen molar-refractivity contribution in [2.75, 3.05) is 17.2 Å². The van der Waals surface area contributed by atoms with Gasteiger partial charge in [0.25, 0.3) is 17.7 Å². The third-order valence-electron chi connectivity index (χ3n) is 5.97.